The van der Waals surface area contributed by atoms with Crippen LogP contribution in [0.3, 0.4) is 0 Å². The van der Waals surface area contributed by atoms with Crippen LogP contribution in [0.4, 0.5) is 23.3 Å². The maximum Gasteiger partial charge on any atom is 0.229 e. The molecule has 0 saturated heterocycles. The molecule has 0 spiro atoms. The molecule has 0 bridgehead atoms. The number of hydrogen-bond acceptors (Lipinski definition) is 7. The van der Waals surface area contributed by atoms with Gasteiger partial charge in [0.2, 0.25) is 5.95 Å². The topological polar surface area (TPSA) is 102 Å². The molecule has 4 N–H and O–H groups in total. The third-order valence-electron chi connectivity index (χ3n) is 6.16. The molecular weight excluding hydrogens is 518 g/mol. The van der Waals surface area contributed by atoms with Crippen molar-refractivity contribution in [2.45, 2.75) is 20.3 Å². The summed E-state index contributed by atoms with van der Waals surface area (Å²) in [6.07, 6.45) is 1.05. The second-order valence-corrected chi connectivity index (χ2v) is 9.73. The number of fused-ring (bicyclic) bond motifs is 2. The third-order valence-corrected chi connectivity index (χ3v) is 6.41. The largest absolute Gasteiger partial charge is 0.383 e. The number of nitrogens with one attached hydrogen (secondary N) is 2. The van der Waals surface area contributed by atoms with Crippen molar-refractivity contribution in [1.29, 1.82) is 0 Å². The van der Waals surface area contributed by atoms with E-state index >= 15 is 0 Å². The summed E-state index contributed by atoms with van der Waals surface area (Å²) in [5.74, 6) is 2.60. The molecule has 0 aliphatic rings. The Morgan fingerprint density at radius 3 is 2.17 bits per heavy atom. The van der Waals surface area contributed by atoms with Gasteiger partial charge in [-0.3, -0.25) is 0 Å². The molecule has 7 nitrogen and oxygen atoms in total. The van der Waals surface area contributed by atoms with Crippen LogP contribution < -0.4 is 16.4 Å². The molecule has 2 heterocycles. The van der Waals surface area contributed by atoms with Crippen molar-refractivity contribution in [3.8, 4) is 11.4 Å². The SMILES string of the molecule is CCCNc1nc(-c2ccc(Cl)cc2)nc2ccccc12.Cc1cccc(Nc2nc(N)c3ccccc3n2)c1. The summed E-state index contributed by atoms with van der Waals surface area (Å²) in [6, 6.07) is 31.4. The van der Waals surface area contributed by atoms with E-state index in [1.165, 1.54) is 5.56 Å². The van der Waals surface area contributed by atoms with Crippen molar-refractivity contribution in [3.63, 3.8) is 0 Å². The number of hydrogen-bond donors (Lipinski definition) is 3. The lowest BCUT2D eigenvalue weighted by Gasteiger charge is -2.10. The molecule has 0 unspecified atom stereocenters. The smallest absolute Gasteiger partial charge is 0.229 e. The fourth-order valence-corrected chi connectivity index (χ4v) is 4.32. The van der Waals surface area contributed by atoms with Gasteiger partial charge in [-0.1, -0.05) is 54.9 Å². The summed E-state index contributed by atoms with van der Waals surface area (Å²) in [5, 5.41) is 9.19. The Hall–Kier alpha value is -4.75. The highest BCUT2D eigenvalue weighted by molar-refractivity contribution is 6.30. The van der Waals surface area contributed by atoms with Crippen LogP contribution in [0.15, 0.2) is 97.1 Å². The molecule has 0 saturated carbocycles. The van der Waals surface area contributed by atoms with Crippen LogP contribution in [0.5, 0.6) is 0 Å². The lowest BCUT2D eigenvalue weighted by atomic mass is 10.2. The van der Waals surface area contributed by atoms with Gasteiger partial charge in [0.05, 0.1) is 11.0 Å². The van der Waals surface area contributed by atoms with Crippen LogP contribution in [0.25, 0.3) is 33.2 Å². The Bertz CT molecular complexity index is 1750. The Balaban J connectivity index is 0.000000162. The van der Waals surface area contributed by atoms with E-state index in [4.69, 9.17) is 17.3 Å². The first-order valence-corrected chi connectivity index (χ1v) is 13.5. The van der Waals surface area contributed by atoms with Gasteiger partial charge in [0.15, 0.2) is 5.82 Å². The average Bonchev–Trinajstić information content (AvgIpc) is 2.96. The van der Waals surface area contributed by atoms with Gasteiger partial charge in [-0.15, -0.1) is 0 Å². The quantitative estimate of drug-likeness (QED) is 0.194. The number of aryl methyl sites for hydroxylation is 1. The van der Waals surface area contributed by atoms with Gasteiger partial charge in [0, 0.05) is 33.6 Å². The summed E-state index contributed by atoms with van der Waals surface area (Å²) in [7, 11) is 0. The van der Waals surface area contributed by atoms with Gasteiger partial charge < -0.3 is 16.4 Å². The minimum absolute atomic E-state index is 0.487. The zero-order chi connectivity index (χ0) is 27.9. The normalized spacial score (nSPS) is 10.7. The monoisotopic (exact) mass is 547 g/mol. The van der Waals surface area contributed by atoms with E-state index in [0.717, 1.165) is 51.8 Å². The molecule has 0 aliphatic heterocycles. The van der Waals surface area contributed by atoms with Gasteiger partial charge >= 0.3 is 0 Å². The zero-order valence-corrected chi connectivity index (χ0v) is 23.2. The van der Waals surface area contributed by atoms with E-state index in [2.05, 4.69) is 37.5 Å². The maximum atomic E-state index is 5.95. The fourth-order valence-electron chi connectivity index (χ4n) is 4.19. The van der Waals surface area contributed by atoms with Crippen molar-refractivity contribution in [3.05, 3.63) is 108 Å². The Morgan fingerprint density at radius 2 is 1.45 bits per heavy atom. The minimum atomic E-state index is 0.487. The molecule has 0 amide bonds. The highest BCUT2D eigenvalue weighted by atomic mass is 35.5. The van der Waals surface area contributed by atoms with Crippen LogP contribution in [0.1, 0.15) is 18.9 Å². The van der Waals surface area contributed by atoms with Crippen LogP contribution in [0.2, 0.25) is 5.02 Å². The number of nitrogens with two attached hydrogens (primary N) is 1. The molecule has 6 rings (SSSR count). The number of benzene rings is 4. The van der Waals surface area contributed by atoms with Crippen LogP contribution >= 0.6 is 11.6 Å². The third kappa shape index (κ3) is 6.45. The Morgan fingerprint density at radius 1 is 0.750 bits per heavy atom. The number of anilines is 4. The minimum Gasteiger partial charge on any atom is -0.383 e. The van der Waals surface area contributed by atoms with E-state index in [1.54, 1.807) is 0 Å². The van der Waals surface area contributed by atoms with Gasteiger partial charge in [-0.25, -0.2) is 15.0 Å². The first kappa shape index (κ1) is 26.8. The molecule has 0 atom stereocenters. The first-order valence-electron chi connectivity index (χ1n) is 13.1. The first-order chi connectivity index (χ1) is 19.5. The van der Waals surface area contributed by atoms with Gasteiger partial charge in [0.1, 0.15) is 11.6 Å². The van der Waals surface area contributed by atoms with Crippen molar-refractivity contribution < 1.29 is 0 Å². The molecule has 0 aliphatic carbocycles. The van der Waals surface area contributed by atoms with Crippen molar-refractivity contribution >= 4 is 56.7 Å². The molecule has 0 fully saturated rings. The van der Waals surface area contributed by atoms with Crippen LogP contribution in [-0.4, -0.2) is 26.5 Å². The summed E-state index contributed by atoms with van der Waals surface area (Å²) in [4.78, 5) is 18.1. The summed E-state index contributed by atoms with van der Waals surface area (Å²) in [6.45, 7) is 5.07. The number of nitrogen functional groups attached to an aromatic ring is 1. The summed E-state index contributed by atoms with van der Waals surface area (Å²) in [5.41, 5.74) is 10.8. The lowest BCUT2D eigenvalue weighted by Crippen LogP contribution is -2.04. The maximum absolute atomic E-state index is 5.95. The molecule has 6 aromatic rings. The van der Waals surface area contributed by atoms with Crippen molar-refractivity contribution in [2.75, 3.05) is 22.9 Å². The predicted octanol–water partition coefficient (Wildman–Crippen LogP) is 8.04. The Kier molecular flexibility index (Phi) is 8.32. The van der Waals surface area contributed by atoms with E-state index in [0.29, 0.717) is 22.6 Å². The molecule has 0 radical (unpaired) electrons. The van der Waals surface area contributed by atoms with E-state index < -0.39 is 0 Å². The molecular formula is C32H30ClN7. The molecule has 200 valence electrons. The van der Waals surface area contributed by atoms with E-state index in [-0.39, 0.29) is 0 Å². The average molecular weight is 548 g/mol. The second kappa shape index (κ2) is 12.4. The molecule has 8 heteroatoms. The number of halogens is 1. The number of aromatic nitrogens is 4. The van der Waals surface area contributed by atoms with Crippen LogP contribution in [0, 0.1) is 6.92 Å². The van der Waals surface area contributed by atoms with Gasteiger partial charge in [0.25, 0.3) is 0 Å². The number of para-hydroxylation sites is 2. The zero-order valence-electron chi connectivity index (χ0n) is 22.4. The van der Waals surface area contributed by atoms with Gasteiger partial charge in [-0.05, 0) is 79.6 Å². The number of rotatable bonds is 6. The molecule has 4 aromatic carbocycles. The predicted molar refractivity (Wildman–Crippen MR) is 167 cm³/mol. The molecule has 2 aromatic heterocycles. The highest BCUT2D eigenvalue weighted by Gasteiger charge is 2.09. The summed E-state index contributed by atoms with van der Waals surface area (Å²) >= 11 is 5.94. The fraction of sp³-hybridized carbons (Fsp3) is 0.125. The van der Waals surface area contributed by atoms with Crippen molar-refractivity contribution in [1.82, 2.24) is 19.9 Å². The number of nitrogens with zero attached hydrogens (tertiary/aromatic N) is 4. The Labute approximate surface area is 238 Å². The van der Waals surface area contributed by atoms with Crippen LogP contribution in [-0.2, 0) is 0 Å². The van der Waals surface area contributed by atoms with E-state index in [1.807, 2.05) is 104 Å². The van der Waals surface area contributed by atoms with E-state index in [9.17, 15) is 0 Å². The summed E-state index contributed by atoms with van der Waals surface area (Å²) < 4.78 is 0. The van der Waals surface area contributed by atoms with Crippen molar-refractivity contribution in [2.24, 2.45) is 0 Å². The highest BCUT2D eigenvalue weighted by Crippen LogP contribution is 2.26. The second-order valence-electron chi connectivity index (χ2n) is 9.29. The molecule has 40 heavy (non-hydrogen) atoms. The van der Waals surface area contributed by atoms with Gasteiger partial charge in [-0.2, -0.15) is 4.98 Å². The standard InChI is InChI=1S/C17H16ClN3.C15H14N4/c1-2-11-19-17-14-5-3-4-6-15(14)20-16(21-17)12-7-9-13(18)10-8-12;1-10-5-4-6-11(9-10)17-15-18-13-8-3-2-7-12(13)14(16)19-15/h3-10H,2,11H2,1H3,(H,19,20,21);2-9H,1H3,(H3,16,17,18,19). The lowest BCUT2D eigenvalue weighted by molar-refractivity contribution is 0.970.